The maximum absolute atomic E-state index is 5.42. The van der Waals surface area contributed by atoms with Crippen molar-refractivity contribution in [2.24, 2.45) is 0 Å². The van der Waals surface area contributed by atoms with Gasteiger partial charge in [0.2, 0.25) is 0 Å². The highest BCUT2D eigenvalue weighted by Gasteiger charge is 2.20. The molecule has 0 spiro atoms. The van der Waals surface area contributed by atoms with E-state index in [0.29, 0.717) is 0 Å². The number of methoxy groups -OCH3 is 2. The monoisotopic (exact) mass is 369 g/mol. The van der Waals surface area contributed by atoms with Crippen LogP contribution in [0.5, 0.6) is 11.5 Å². The fourth-order valence-corrected chi connectivity index (χ4v) is 4.28. The molecule has 1 aromatic carbocycles. The van der Waals surface area contributed by atoms with Crippen LogP contribution in [0.4, 0.5) is 0 Å². The predicted molar refractivity (Wildman–Crippen MR) is 91.8 cm³/mol. The van der Waals surface area contributed by atoms with Gasteiger partial charge in [0.05, 0.1) is 20.3 Å². The van der Waals surface area contributed by atoms with Crippen molar-refractivity contribution in [1.82, 2.24) is 5.32 Å². The third kappa shape index (κ3) is 3.59. The summed E-state index contributed by atoms with van der Waals surface area (Å²) in [5.74, 6) is 1.50. The first-order valence-corrected chi connectivity index (χ1v) is 8.42. The van der Waals surface area contributed by atoms with Crippen molar-refractivity contribution < 1.29 is 9.47 Å². The zero-order valence-corrected chi connectivity index (χ0v) is 15.1. The maximum atomic E-state index is 5.42. The van der Waals surface area contributed by atoms with Gasteiger partial charge in [-0.15, -0.1) is 11.3 Å². The summed E-state index contributed by atoms with van der Waals surface area (Å²) in [6.07, 6.45) is 0. The molecule has 0 bridgehead atoms. The van der Waals surface area contributed by atoms with Crippen molar-refractivity contribution in [1.29, 1.82) is 0 Å². The van der Waals surface area contributed by atoms with E-state index in [-0.39, 0.29) is 6.04 Å². The molecule has 0 aliphatic heterocycles. The highest BCUT2D eigenvalue weighted by atomic mass is 79.9. The smallest absolute Gasteiger partial charge is 0.161 e. The minimum Gasteiger partial charge on any atom is -0.493 e. The number of hydrogen-bond acceptors (Lipinski definition) is 4. The van der Waals surface area contributed by atoms with Crippen molar-refractivity contribution in [3.63, 3.8) is 0 Å². The van der Waals surface area contributed by atoms with Gasteiger partial charge in [-0.2, -0.15) is 0 Å². The van der Waals surface area contributed by atoms with E-state index in [1.54, 1.807) is 25.6 Å². The number of ether oxygens (including phenoxy) is 2. The van der Waals surface area contributed by atoms with E-state index in [2.05, 4.69) is 47.2 Å². The molecule has 21 heavy (non-hydrogen) atoms. The minimum atomic E-state index is 0.142. The second-order valence-electron chi connectivity index (χ2n) is 4.67. The summed E-state index contributed by atoms with van der Waals surface area (Å²) in [5, 5.41) is 3.54. The molecule has 0 radical (unpaired) electrons. The molecule has 114 valence electrons. The molecule has 0 saturated carbocycles. The topological polar surface area (TPSA) is 30.5 Å². The Labute approximate surface area is 138 Å². The normalized spacial score (nSPS) is 12.2. The van der Waals surface area contributed by atoms with Gasteiger partial charge in [-0.1, -0.05) is 13.0 Å². The third-order valence-electron chi connectivity index (χ3n) is 3.25. The first kappa shape index (κ1) is 16.3. The van der Waals surface area contributed by atoms with Crippen molar-refractivity contribution >= 4 is 27.3 Å². The fourth-order valence-electron chi connectivity index (χ4n) is 2.30. The zero-order chi connectivity index (χ0) is 15.4. The van der Waals surface area contributed by atoms with Crippen LogP contribution >= 0.6 is 27.3 Å². The second kappa shape index (κ2) is 7.29. The van der Waals surface area contributed by atoms with Crippen LogP contribution in [-0.2, 0) is 0 Å². The first-order valence-electron chi connectivity index (χ1n) is 6.81. The number of benzene rings is 1. The molecule has 0 amide bonds. The average molecular weight is 370 g/mol. The minimum absolute atomic E-state index is 0.142. The highest BCUT2D eigenvalue weighted by Crippen LogP contribution is 2.38. The third-order valence-corrected chi connectivity index (χ3v) is 5.28. The van der Waals surface area contributed by atoms with Gasteiger partial charge in [0.1, 0.15) is 0 Å². The Morgan fingerprint density at radius 1 is 1.19 bits per heavy atom. The summed E-state index contributed by atoms with van der Waals surface area (Å²) in [6, 6.07) is 8.37. The SMILES string of the molecule is CCNC(c1ccc(OC)c(OC)c1)c1sc(C)cc1Br. The Bertz CT molecular complexity index is 612. The van der Waals surface area contributed by atoms with Crippen molar-refractivity contribution in [3.05, 3.63) is 44.1 Å². The summed E-state index contributed by atoms with van der Waals surface area (Å²) < 4.78 is 11.9. The molecule has 2 aromatic rings. The molecule has 1 unspecified atom stereocenters. The molecule has 2 rings (SSSR count). The lowest BCUT2D eigenvalue weighted by molar-refractivity contribution is 0.354. The molecule has 3 nitrogen and oxygen atoms in total. The van der Waals surface area contributed by atoms with Crippen molar-refractivity contribution in [3.8, 4) is 11.5 Å². The lowest BCUT2D eigenvalue weighted by atomic mass is 10.0. The molecule has 1 N–H and O–H groups in total. The molecule has 0 fully saturated rings. The standard InChI is InChI=1S/C16H20BrNO2S/c1-5-18-15(16-12(17)8-10(2)21-16)11-6-7-13(19-3)14(9-11)20-4/h6-9,15,18H,5H2,1-4H3. The van der Waals surface area contributed by atoms with Gasteiger partial charge in [0.15, 0.2) is 11.5 Å². The Balaban J connectivity index is 2.45. The summed E-state index contributed by atoms with van der Waals surface area (Å²) in [4.78, 5) is 2.57. The molecule has 1 aromatic heterocycles. The van der Waals surface area contributed by atoms with E-state index in [1.807, 2.05) is 12.1 Å². The van der Waals surface area contributed by atoms with E-state index in [9.17, 15) is 0 Å². The number of halogens is 1. The molecule has 1 atom stereocenters. The molecule has 5 heteroatoms. The Morgan fingerprint density at radius 2 is 1.90 bits per heavy atom. The number of nitrogens with one attached hydrogen (secondary N) is 1. The average Bonchev–Trinajstić information content (AvgIpc) is 2.82. The molecule has 0 aliphatic rings. The Kier molecular flexibility index (Phi) is 5.67. The Hall–Kier alpha value is -1.04. The number of thiophene rings is 1. The van der Waals surface area contributed by atoms with Crippen LogP contribution in [0.2, 0.25) is 0 Å². The first-order chi connectivity index (χ1) is 10.1. The lowest BCUT2D eigenvalue weighted by Gasteiger charge is -2.19. The fraction of sp³-hybridized carbons (Fsp3) is 0.375. The van der Waals surface area contributed by atoms with Gasteiger partial charge >= 0.3 is 0 Å². The van der Waals surface area contributed by atoms with E-state index in [1.165, 1.54) is 9.75 Å². The summed E-state index contributed by atoms with van der Waals surface area (Å²) in [6.45, 7) is 5.13. The van der Waals surface area contributed by atoms with Crippen LogP contribution < -0.4 is 14.8 Å². The van der Waals surface area contributed by atoms with E-state index < -0.39 is 0 Å². The molecule has 0 aliphatic carbocycles. The highest BCUT2D eigenvalue weighted by molar-refractivity contribution is 9.10. The number of rotatable bonds is 6. The number of hydrogen-bond donors (Lipinski definition) is 1. The van der Waals surface area contributed by atoms with Gasteiger partial charge in [0.25, 0.3) is 0 Å². The van der Waals surface area contributed by atoms with Gasteiger partial charge in [-0.25, -0.2) is 0 Å². The van der Waals surface area contributed by atoms with Crippen LogP contribution in [-0.4, -0.2) is 20.8 Å². The second-order valence-corrected chi connectivity index (χ2v) is 6.82. The van der Waals surface area contributed by atoms with Crippen LogP contribution in [0, 0.1) is 6.92 Å². The van der Waals surface area contributed by atoms with E-state index >= 15 is 0 Å². The predicted octanol–water partition coefficient (Wildman–Crippen LogP) is 4.54. The number of aryl methyl sites for hydroxylation is 1. The van der Waals surface area contributed by atoms with Crippen LogP contribution in [0.15, 0.2) is 28.7 Å². The largest absolute Gasteiger partial charge is 0.493 e. The quantitative estimate of drug-likeness (QED) is 0.810. The lowest BCUT2D eigenvalue weighted by Crippen LogP contribution is -2.21. The van der Waals surface area contributed by atoms with Gasteiger partial charge in [-0.3, -0.25) is 0 Å². The van der Waals surface area contributed by atoms with E-state index in [0.717, 1.165) is 28.1 Å². The zero-order valence-electron chi connectivity index (χ0n) is 12.7. The van der Waals surface area contributed by atoms with Crippen molar-refractivity contribution in [2.45, 2.75) is 19.9 Å². The Morgan fingerprint density at radius 3 is 2.43 bits per heavy atom. The van der Waals surface area contributed by atoms with E-state index in [4.69, 9.17) is 9.47 Å². The molecule has 0 saturated heterocycles. The summed E-state index contributed by atoms with van der Waals surface area (Å²) >= 11 is 5.46. The van der Waals surface area contributed by atoms with Gasteiger partial charge in [0, 0.05) is 14.2 Å². The summed E-state index contributed by atoms with van der Waals surface area (Å²) in [5.41, 5.74) is 1.16. The maximum Gasteiger partial charge on any atom is 0.161 e. The van der Waals surface area contributed by atoms with Gasteiger partial charge in [-0.05, 0) is 53.2 Å². The molecular formula is C16H20BrNO2S. The van der Waals surface area contributed by atoms with Gasteiger partial charge < -0.3 is 14.8 Å². The molecule has 1 heterocycles. The van der Waals surface area contributed by atoms with Crippen LogP contribution in [0.1, 0.15) is 28.3 Å². The summed E-state index contributed by atoms with van der Waals surface area (Å²) in [7, 11) is 3.31. The van der Waals surface area contributed by atoms with Crippen molar-refractivity contribution in [2.75, 3.05) is 20.8 Å². The van der Waals surface area contributed by atoms with Crippen LogP contribution in [0.3, 0.4) is 0 Å². The molecular weight excluding hydrogens is 350 g/mol. The van der Waals surface area contributed by atoms with Crippen LogP contribution in [0.25, 0.3) is 0 Å².